The van der Waals surface area contributed by atoms with Crippen LogP contribution >= 0.6 is 0 Å². The summed E-state index contributed by atoms with van der Waals surface area (Å²) in [6.45, 7) is 1.38. The number of hydrogen-bond donors (Lipinski definition) is 1. The molecule has 0 saturated carbocycles. The maximum Gasteiger partial charge on any atom is 0.264 e. The Kier molecular flexibility index (Phi) is 7.26. The maximum absolute atomic E-state index is 13.7. The zero-order valence-corrected chi connectivity index (χ0v) is 22.8. The van der Waals surface area contributed by atoms with Crippen LogP contribution in [-0.4, -0.2) is 41.3 Å². The van der Waals surface area contributed by atoms with Crippen molar-refractivity contribution in [3.63, 3.8) is 0 Å². The van der Waals surface area contributed by atoms with Gasteiger partial charge in [-0.1, -0.05) is 48.0 Å². The number of ether oxygens (including phenoxy) is 2. The summed E-state index contributed by atoms with van der Waals surface area (Å²) in [4.78, 5) is 13.1. The lowest BCUT2D eigenvalue weighted by Gasteiger charge is -2.24. The van der Waals surface area contributed by atoms with E-state index in [0.717, 1.165) is 33.7 Å². The second-order valence-corrected chi connectivity index (χ2v) is 11.2. The molecule has 0 radical (unpaired) electrons. The molecule has 8 nitrogen and oxygen atoms in total. The fourth-order valence-corrected chi connectivity index (χ4v) is 6.27. The van der Waals surface area contributed by atoms with Gasteiger partial charge in [-0.25, -0.2) is 13.8 Å². The van der Waals surface area contributed by atoms with Gasteiger partial charge in [0, 0.05) is 11.6 Å². The smallest absolute Gasteiger partial charge is 0.264 e. The summed E-state index contributed by atoms with van der Waals surface area (Å²) in [5, 5.41) is 6.48. The average Bonchev–Trinajstić information content (AvgIpc) is 3.37. The van der Waals surface area contributed by atoms with Gasteiger partial charge in [0.15, 0.2) is 11.5 Å². The Bertz CT molecular complexity index is 1670. The summed E-state index contributed by atoms with van der Waals surface area (Å²) in [7, 11) is -1.14. The van der Waals surface area contributed by atoms with Crippen molar-refractivity contribution in [2.24, 2.45) is 5.10 Å². The van der Waals surface area contributed by atoms with Gasteiger partial charge in [0.2, 0.25) is 0 Å². The first-order chi connectivity index (χ1) is 18.8. The molecule has 4 aromatic rings. The van der Waals surface area contributed by atoms with Crippen LogP contribution in [0.15, 0.2) is 82.8 Å². The van der Waals surface area contributed by atoms with Gasteiger partial charge < -0.3 is 9.47 Å². The van der Waals surface area contributed by atoms with Gasteiger partial charge in [-0.3, -0.25) is 9.10 Å². The Labute approximate surface area is 227 Å². The van der Waals surface area contributed by atoms with E-state index in [4.69, 9.17) is 9.47 Å². The zero-order chi connectivity index (χ0) is 27.6. The minimum Gasteiger partial charge on any atom is -0.493 e. The second-order valence-electron chi connectivity index (χ2n) is 9.31. The van der Waals surface area contributed by atoms with Crippen molar-refractivity contribution in [1.29, 1.82) is 0 Å². The van der Waals surface area contributed by atoms with Gasteiger partial charge in [-0.15, -0.1) is 0 Å². The molecule has 1 aliphatic rings. The second kappa shape index (κ2) is 10.8. The predicted octanol–water partition coefficient (Wildman–Crippen LogP) is 4.61. The standard InChI is InChI=1S/C30H29N3O5S/c1-20-7-14-25(15-8-20)39(35,36)33(24-13-16-27(37-2)28(17-24)38-3)19-29(34)32-31-18-23-12-11-22-10-9-21-5-4-6-26(23)30(21)22/h4-8,11-18H,9-10,19H2,1-3H3,(H,32,34)/b31-18-. The minimum absolute atomic E-state index is 0.0621. The van der Waals surface area contributed by atoms with E-state index in [1.54, 1.807) is 30.5 Å². The van der Waals surface area contributed by atoms with Crippen molar-refractivity contribution in [2.45, 2.75) is 24.7 Å². The van der Waals surface area contributed by atoms with E-state index < -0.39 is 22.5 Å². The topological polar surface area (TPSA) is 97.3 Å². The van der Waals surface area contributed by atoms with Gasteiger partial charge >= 0.3 is 0 Å². The monoisotopic (exact) mass is 543 g/mol. The van der Waals surface area contributed by atoms with Crippen molar-refractivity contribution in [3.8, 4) is 11.5 Å². The molecule has 1 N–H and O–H groups in total. The van der Waals surface area contributed by atoms with Crippen LogP contribution in [0.1, 0.15) is 22.3 Å². The number of carbonyl (C=O) groups is 1. The molecule has 0 aliphatic heterocycles. The molecule has 9 heteroatoms. The highest BCUT2D eigenvalue weighted by Gasteiger charge is 2.28. The van der Waals surface area contributed by atoms with Crippen molar-refractivity contribution in [1.82, 2.24) is 5.43 Å². The summed E-state index contributed by atoms with van der Waals surface area (Å²) in [6, 6.07) is 21.4. The van der Waals surface area contributed by atoms with E-state index in [1.807, 2.05) is 25.1 Å². The maximum atomic E-state index is 13.7. The van der Waals surface area contributed by atoms with E-state index in [2.05, 4.69) is 22.7 Å². The molecular weight excluding hydrogens is 514 g/mol. The van der Waals surface area contributed by atoms with Crippen LogP contribution in [0.2, 0.25) is 0 Å². The molecule has 1 aliphatic carbocycles. The Morgan fingerprint density at radius 1 is 0.949 bits per heavy atom. The summed E-state index contributed by atoms with van der Waals surface area (Å²) in [5.74, 6) is 0.181. The highest BCUT2D eigenvalue weighted by atomic mass is 32.2. The first kappa shape index (κ1) is 26.2. The number of nitrogens with one attached hydrogen (secondary N) is 1. The molecule has 0 atom stereocenters. The molecule has 0 spiro atoms. The third-order valence-corrected chi connectivity index (χ3v) is 8.64. The Morgan fingerprint density at radius 2 is 1.67 bits per heavy atom. The number of hydrogen-bond acceptors (Lipinski definition) is 6. The highest BCUT2D eigenvalue weighted by molar-refractivity contribution is 7.92. The quantitative estimate of drug-likeness (QED) is 0.246. The number of anilines is 1. The number of rotatable bonds is 9. The number of benzene rings is 4. The Balaban J connectivity index is 1.42. The Hall–Kier alpha value is -4.37. The van der Waals surface area contributed by atoms with Crippen molar-refractivity contribution in [3.05, 3.63) is 95.1 Å². The molecule has 39 heavy (non-hydrogen) atoms. The van der Waals surface area contributed by atoms with Gasteiger partial charge in [0.25, 0.3) is 15.9 Å². The summed E-state index contributed by atoms with van der Waals surface area (Å²) in [6.07, 6.45) is 3.63. The largest absolute Gasteiger partial charge is 0.493 e. The van der Waals surface area contributed by atoms with Crippen molar-refractivity contribution < 1.29 is 22.7 Å². The first-order valence-corrected chi connectivity index (χ1v) is 13.9. The molecule has 0 heterocycles. The molecule has 5 rings (SSSR count). The number of carbonyl (C=O) groups excluding carboxylic acids is 1. The van der Waals surface area contributed by atoms with Gasteiger partial charge in [0.05, 0.1) is 31.0 Å². The number of methoxy groups -OCH3 is 2. The van der Waals surface area contributed by atoms with Crippen molar-refractivity contribution in [2.75, 3.05) is 25.1 Å². The number of sulfonamides is 1. The molecule has 0 unspecified atom stereocenters. The van der Waals surface area contributed by atoms with E-state index in [-0.39, 0.29) is 10.6 Å². The predicted molar refractivity (Wildman–Crippen MR) is 152 cm³/mol. The van der Waals surface area contributed by atoms with E-state index in [9.17, 15) is 13.2 Å². The first-order valence-electron chi connectivity index (χ1n) is 12.5. The molecule has 200 valence electrons. The highest BCUT2D eigenvalue weighted by Crippen LogP contribution is 2.34. The normalized spacial score (nSPS) is 12.6. The lowest BCUT2D eigenvalue weighted by molar-refractivity contribution is -0.119. The summed E-state index contributed by atoms with van der Waals surface area (Å²) < 4.78 is 39.0. The molecule has 0 fully saturated rings. The van der Waals surface area contributed by atoms with Gasteiger partial charge in [0.1, 0.15) is 6.54 Å². The fraction of sp³-hybridized carbons (Fsp3) is 0.200. The van der Waals surface area contributed by atoms with E-state index in [1.165, 1.54) is 48.9 Å². The molecule has 0 bridgehead atoms. The lowest BCUT2D eigenvalue weighted by Crippen LogP contribution is -2.39. The van der Waals surface area contributed by atoms with Crippen molar-refractivity contribution >= 4 is 38.6 Å². The van der Waals surface area contributed by atoms with E-state index >= 15 is 0 Å². The van der Waals surface area contributed by atoms with Crippen LogP contribution < -0.4 is 19.2 Å². The SMILES string of the molecule is COc1ccc(N(CC(=O)N/N=C\c2ccc3c4c(cccc24)CC3)S(=O)(=O)c2ccc(C)cc2)cc1OC. The van der Waals surface area contributed by atoms with Crippen LogP contribution in [-0.2, 0) is 27.7 Å². The number of nitrogens with zero attached hydrogens (tertiary/aromatic N) is 2. The number of aryl methyl sites for hydroxylation is 3. The summed E-state index contributed by atoms with van der Waals surface area (Å²) in [5.41, 5.74) is 7.17. The molecule has 1 amide bonds. The van der Waals surface area contributed by atoms with Crippen LogP contribution in [0, 0.1) is 6.92 Å². The average molecular weight is 544 g/mol. The van der Waals surface area contributed by atoms with Crippen LogP contribution in [0.25, 0.3) is 10.8 Å². The number of hydrazone groups is 1. The molecular formula is C30H29N3O5S. The van der Waals surface area contributed by atoms with Gasteiger partial charge in [-0.2, -0.15) is 5.10 Å². The lowest BCUT2D eigenvalue weighted by atomic mass is 10.0. The van der Waals surface area contributed by atoms with Crippen LogP contribution in [0.5, 0.6) is 11.5 Å². The number of amides is 1. The minimum atomic E-state index is -4.09. The third-order valence-electron chi connectivity index (χ3n) is 6.85. The van der Waals surface area contributed by atoms with E-state index in [0.29, 0.717) is 11.5 Å². The Morgan fingerprint density at radius 3 is 2.38 bits per heavy atom. The third kappa shape index (κ3) is 5.18. The molecule has 0 saturated heterocycles. The summed E-state index contributed by atoms with van der Waals surface area (Å²) >= 11 is 0. The van der Waals surface area contributed by atoms with Crippen LogP contribution in [0.4, 0.5) is 5.69 Å². The zero-order valence-electron chi connectivity index (χ0n) is 22.0. The van der Waals surface area contributed by atoms with Gasteiger partial charge in [-0.05, 0) is 65.9 Å². The fourth-order valence-electron chi connectivity index (χ4n) is 4.85. The molecule has 0 aromatic heterocycles. The van der Waals surface area contributed by atoms with Crippen LogP contribution in [0.3, 0.4) is 0 Å². The molecule has 4 aromatic carbocycles.